The first kappa shape index (κ1) is 7.28. The lowest BCUT2D eigenvalue weighted by molar-refractivity contribution is 0.151. The van der Waals surface area contributed by atoms with Crippen LogP contribution in [0, 0.1) is 0 Å². The van der Waals surface area contributed by atoms with Crippen molar-refractivity contribution in [3.63, 3.8) is 0 Å². The van der Waals surface area contributed by atoms with E-state index in [-0.39, 0.29) is 0 Å². The molecule has 0 aliphatic carbocycles. The summed E-state index contributed by atoms with van der Waals surface area (Å²) in [6.07, 6.45) is 4.66. The molecule has 1 aromatic rings. The molecule has 1 aromatic heterocycles. The molecule has 0 fully saturated rings. The summed E-state index contributed by atoms with van der Waals surface area (Å²) in [6.45, 7) is 3.57. The molecule has 3 heteroatoms. The van der Waals surface area contributed by atoms with Crippen LogP contribution in [0.15, 0.2) is 12.4 Å². The minimum atomic E-state index is 0.788. The summed E-state index contributed by atoms with van der Waals surface area (Å²) < 4.78 is 5.17. The number of aromatic amines is 1. The van der Waals surface area contributed by atoms with Crippen molar-refractivity contribution in [3.8, 4) is 0 Å². The first-order valence-electron chi connectivity index (χ1n) is 3.49. The van der Waals surface area contributed by atoms with Crippen LogP contribution in [0.2, 0.25) is 0 Å². The zero-order valence-electron chi connectivity index (χ0n) is 6.13. The van der Waals surface area contributed by atoms with Crippen molar-refractivity contribution in [3.05, 3.63) is 18.0 Å². The van der Waals surface area contributed by atoms with Gasteiger partial charge in [-0.1, -0.05) is 0 Å². The van der Waals surface area contributed by atoms with Crippen LogP contribution < -0.4 is 0 Å². The Morgan fingerprint density at radius 3 is 3.20 bits per heavy atom. The predicted molar refractivity (Wildman–Crippen MR) is 38.8 cm³/mol. The lowest BCUT2D eigenvalue weighted by atomic mass is 10.3. The van der Waals surface area contributed by atoms with Gasteiger partial charge in [0.2, 0.25) is 0 Å². The van der Waals surface area contributed by atoms with Crippen LogP contribution in [0.25, 0.3) is 0 Å². The number of H-pyrrole nitrogens is 1. The first-order valence-corrected chi connectivity index (χ1v) is 3.49. The molecule has 56 valence electrons. The van der Waals surface area contributed by atoms with Gasteiger partial charge >= 0.3 is 0 Å². The van der Waals surface area contributed by atoms with Gasteiger partial charge in [-0.05, 0) is 18.9 Å². The fourth-order valence-corrected chi connectivity index (χ4v) is 0.749. The van der Waals surface area contributed by atoms with Gasteiger partial charge in [-0.3, -0.25) is 5.10 Å². The molecular weight excluding hydrogens is 128 g/mol. The molecule has 0 amide bonds. The highest BCUT2D eigenvalue weighted by Gasteiger charge is 1.91. The Bertz CT molecular complexity index is 160. The van der Waals surface area contributed by atoms with E-state index in [4.69, 9.17) is 4.74 Å². The Morgan fingerprint density at radius 2 is 2.60 bits per heavy atom. The van der Waals surface area contributed by atoms with Crippen molar-refractivity contribution in [2.24, 2.45) is 0 Å². The molecule has 0 unspecified atom stereocenters. The number of hydrogen-bond donors (Lipinski definition) is 1. The van der Waals surface area contributed by atoms with E-state index in [0.717, 1.165) is 19.6 Å². The SMILES string of the molecule is CCOCCc1cn[nH]c1. The van der Waals surface area contributed by atoms with Crippen LogP contribution >= 0.6 is 0 Å². The van der Waals surface area contributed by atoms with Crippen molar-refractivity contribution in [1.29, 1.82) is 0 Å². The molecule has 1 rings (SSSR count). The molecule has 0 saturated heterocycles. The van der Waals surface area contributed by atoms with Crippen molar-refractivity contribution in [1.82, 2.24) is 10.2 Å². The van der Waals surface area contributed by atoms with Crippen LogP contribution in [-0.4, -0.2) is 23.4 Å². The van der Waals surface area contributed by atoms with Crippen LogP contribution in [0.1, 0.15) is 12.5 Å². The minimum absolute atomic E-state index is 0.788. The number of hydrogen-bond acceptors (Lipinski definition) is 2. The molecule has 0 aliphatic heterocycles. The van der Waals surface area contributed by atoms with Crippen LogP contribution in [-0.2, 0) is 11.2 Å². The average molecular weight is 140 g/mol. The number of ether oxygens (including phenoxy) is 1. The Balaban J connectivity index is 2.15. The van der Waals surface area contributed by atoms with Gasteiger partial charge in [0.15, 0.2) is 0 Å². The standard InChI is InChI=1S/C7H12N2O/c1-2-10-4-3-7-5-8-9-6-7/h5-6H,2-4H2,1H3,(H,8,9). The fraction of sp³-hybridized carbons (Fsp3) is 0.571. The molecule has 1 N–H and O–H groups in total. The van der Waals surface area contributed by atoms with E-state index in [1.54, 1.807) is 0 Å². The molecule has 1 heterocycles. The summed E-state index contributed by atoms with van der Waals surface area (Å²) in [4.78, 5) is 0. The lowest BCUT2D eigenvalue weighted by Crippen LogP contribution is -1.96. The van der Waals surface area contributed by atoms with Crippen molar-refractivity contribution in [2.75, 3.05) is 13.2 Å². The van der Waals surface area contributed by atoms with Crippen LogP contribution in [0.5, 0.6) is 0 Å². The van der Waals surface area contributed by atoms with Gasteiger partial charge in [-0.15, -0.1) is 0 Å². The number of nitrogens with zero attached hydrogens (tertiary/aromatic N) is 1. The van der Waals surface area contributed by atoms with E-state index >= 15 is 0 Å². The van der Waals surface area contributed by atoms with Crippen molar-refractivity contribution < 1.29 is 4.74 Å². The van der Waals surface area contributed by atoms with Crippen LogP contribution in [0.4, 0.5) is 0 Å². The Morgan fingerprint density at radius 1 is 1.70 bits per heavy atom. The molecule has 10 heavy (non-hydrogen) atoms. The number of aromatic nitrogens is 2. The van der Waals surface area contributed by atoms with E-state index in [2.05, 4.69) is 10.2 Å². The summed E-state index contributed by atoms with van der Waals surface area (Å²) in [5.74, 6) is 0. The van der Waals surface area contributed by atoms with Crippen LogP contribution in [0.3, 0.4) is 0 Å². The maximum Gasteiger partial charge on any atom is 0.0520 e. The van der Waals surface area contributed by atoms with Gasteiger partial charge in [0, 0.05) is 12.8 Å². The summed E-state index contributed by atoms with van der Waals surface area (Å²) in [5.41, 5.74) is 1.20. The van der Waals surface area contributed by atoms with Gasteiger partial charge in [-0.2, -0.15) is 5.10 Å². The number of nitrogens with one attached hydrogen (secondary N) is 1. The molecule has 0 spiro atoms. The Kier molecular flexibility index (Phi) is 2.96. The average Bonchev–Trinajstić information content (AvgIpc) is 2.41. The molecule has 3 nitrogen and oxygen atoms in total. The summed E-state index contributed by atoms with van der Waals surface area (Å²) in [5, 5.41) is 6.57. The predicted octanol–water partition coefficient (Wildman–Crippen LogP) is 0.989. The monoisotopic (exact) mass is 140 g/mol. The van der Waals surface area contributed by atoms with Gasteiger partial charge in [0.25, 0.3) is 0 Å². The Labute approximate surface area is 60.4 Å². The first-order chi connectivity index (χ1) is 4.93. The van der Waals surface area contributed by atoms with Crippen molar-refractivity contribution in [2.45, 2.75) is 13.3 Å². The minimum Gasteiger partial charge on any atom is -0.381 e. The quantitative estimate of drug-likeness (QED) is 0.633. The smallest absolute Gasteiger partial charge is 0.0520 e. The zero-order chi connectivity index (χ0) is 7.23. The second-order valence-electron chi connectivity index (χ2n) is 2.05. The van der Waals surface area contributed by atoms with Gasteiger partial charge in [0.1, 0.15) is 0 Å². The van der Waals surface area contributed by atoms with E-state index in [0.29, 0.717) is 0 Å². The normalized spacial score (nSPS) is 10.1. The van der Waals surface area contributed by atoms with E-state index < -0.39 is 0 Å². The Hall–Kier alpha value is -0.830. The molecule has 0 atom stereocenters. The highest BCUT2D eigenvalue weighted by molar-refractivity contribution is 5.01. The molecule has 0 radical (unpaired) electrons. The third-order valence-electron chi connectivity index (χ3n) is 1.29. The summed E-state index contributed by atoms with van der Waals surface area (Å²) in [6, 6.07) is 0. The highest BCUT2D eigenvalue weighted by Crippen LogP contribution is 1.94. The second-order valence-corrected chi connectivity index (χ2v) is 2.05. The molecular formula is C7H12N2O. The van der Waals surface area contributed by atoms with Gasteiger partial charge in [-0.25, -0.2) is 0 Å². The summed E-state index contributed by atoms with van der Waals surface area (Å²) in [7, 11) is 0. The molecule has 0 saturated carbocycles. The van der Waals surface area contributed by atoms with E-state index in [1.807, 2.05) is 19.3 Å². The zero-order valence-corrected chi connectivity index (χ0v) is 6.13. The lowest BCUT2D eigenvalue weighted by Gasteiger charge is -1.96. The topological polar surface area (TPSA) is 37.9 Å². The summed E-state index contributed by atoms with van der Waals surface area (Å²) >= 11 is 0. The highest BCUT2D eigenvalue weighted by atomic mass is 16.5. The third kappa shape index (κ3) is 2.19. The largest absolute Gasteiger partial charge is 0.381 e. The molecule has 0 bridgehead atoms. The maximum absolute atomic E-state index is 5.17. The van der Waals surface area contributed by atoms with E-state index in [1.165, 1.54) is 5.56 Å². The fourth-order valence-electron chi connectivity index (χ4n) is 0.749. The van der Waals surface area contributed by atoms with Gasteiger partial charge < -0.3 is 4.74 Å². The number of rotatable bonds is 4. The van der Waals surface area contributed by atoms with Crippen molar-refractivity contribution >= 4 is 0 Å². The molecule has 0 aliphatic rings. The van der Waals surface area contributed by atoms with E-state index in [9.17, 15) is 0 Å². The maximum atomic E-state index is 5.17. The second kappa shape index (κ2) is 4.06. The molecule has 0 aromatic carbocycles. The third-order valence-corrected chi connectivity index (χ3v) is 1.29. The van der Waals surface area contributed by atoms with Gasteiger partial charge in [0.05, 0.1) is 12.8 Å².